The van der Waals surface area contributed by atoms with E-state index in [1.54, 1.807) is 26.4 Å². The maximum Gasteiger partial charge on any atom is 0.124 e. The lowest BCUT2D eigenvalue weighted by Gasteiger charge is -2.16. The largest absolute Gasteiger partial charge is 0.497 e. The first kappa shape index (κ1) is 17.8. The maximum atomic E-state index is 10.3. The van der Waals surface area contributed by atoms with E-state index < -0.39 is 6.10 Å². The molecule has 0 amide bonds. The van der Waals surface area contributed by atoms with Gasteiger partial charge in [-0.2, -0.15) is 0 Å². The Labute approximate surface area is 126 Å². The van der Waals surface area contributed by atoms with Crippen LogP contribution >= 0.6 is 0 Å². The molecule has 0 aliphatic heterocycles. The molecule has 1 atom stereocenters. The van der Waals surface area contributed by atoms with Crippen LogP contribution in [0.25, 0.3) is 0 Å². The van der Waals surface area contributed by atoms with Crippen molar-refractivity contribution in [3.05, 3.63) is 23.8 Å². The van der Waals surface area contributed by atoms with Crippen molar-refractivity contribution < 1.29 is 19.7 Å². The number of benzene rings is 1. The Morgan fingerprint density at radius 1 is 1.10 bits per heavy atom. The van der Waals surface area contributed by atoms with Gasteiger partial charge in [0, 0.05) is 18.7 Å². The van der Waals surface area contributed by atoms with E-state index in [1.807, 2.05) is 6.07 Å². The van der Waals surface area contributed by atoms with Gasteiger partial charge in [0.15, 0.2) is 0 Å². The lowest BCUT2D eigenvalue weighted by Crippen LogP contribution is -2.23. The molecule has 0 saturated carbocycles. The summed E-state index contributed by atoms with van der Waals surface area (Å²) in [5.41, 5.74) is 0.727. The highest BCUT2D eigenvalue weighted by molar-refractivity contribution is 5.41. The van der Waals surface area contributed by atoms with E-state index in [9.17, 15) is 5.11 Å². The van der Waals surface area contributed by atoms with Crippen LogP contribution in [0.5, 0.6) is 11.5 Å². The molecule has 5 heteroatoms. The number of methoxy groups -OCH3 is 2. The highest BCUT2D eigenvalue weighted by Gasteiger charge is 2.14. The van der Waals surface area contributed by atoms with E-state index in [4.69, 9.17) is 14.6 Å². The van der Waals surface area contributed by atoms with Gasteiger partial charge in [0.05, 0.1) is 20.3 Å². The minimum absolute atomic E-state index is 0.266. The Kier molecular flexibility index (Phi) is 8.82. The van der Waals surface area contributed by atoms with Crippen LogP contribution < -0.4 is 14.8 Å². The summed E-state index contributed by atoms with van der Waals surface area (Å²) in [4.78, 5) is 0. The number of nitrogens with one attached hydrogen (secondary N) is 1. The van der Waals surface area contributed by atoms with Crippen molar-refractivity contribution in [1.82, 2.24) is 5.32 Å². The van der Waals surface area contributed by atoms with Crippen LogP contribution in [0.1, 0.15) is 37.4 Å². The van der Waals surface area contributed by atoms with E-state index in [0.717, 1.165) is 37.8 Å². The highest BCUT2D eigenvalue weighted by Crippen LogP contribution is 2.28. The van der Waals surface area contributed by atoms with Crippen LogP contribution in [0.3, 0.4) is 0 Å². The number of ether oxygens (including phenoxy) is 2. The van der Waals surface area contributed by atoms with Gasteiger partial charge in [0.1, 0.15) is 11.5 Å². The van der Waals surface area contributed by atoms with Crippen molar-refractivity contribution in [2.24, 2.45) is 0 Å². The Morgan fingerprint density at radius 2 is 1.86 bits per heavy atom. The van der Waals surface area contributed by atoms with E-state index >= 15 is 0 Å². The molecule has 0 aliphatic carbocycles. The van der Waals surface area contributed by atoms with Crippen LogP contribution in [0, 0.1) is 0 Å². The zero-order valence-corrected chi connectivity index (χ0v) is 13.0. The maximum absolute atomic E-state index is 10.3. The Balaban J connectivity index is 2.38. The number of hydrogen-bond donors (Lipinski definition) is 3. The quantitative estimate of drug-likeness (QED) is 0.544. The molecule has 0 fully saturated rings. The van der Waals surface area contributed by atoms with Crippen LogP contribution in [0.2, 0.25) is 0 Å². The third-order valence-corrected chi connectivity index (χ3v) is 3.40. The number of unbranched alkanes of at least 4 members (excludes halogenated alkanes) is 3. The standard InChI is InChI=1S/C16H27NO4/c1-20-13-7-8-16(21-2)14(11-13)15(19)12-17-9-5-3-4-6-10-18/h7-8,11,15,17-19H,3-6,9-10,12H2,1-2H3. The molecule has 120 valence electrons. The third-order valence-electron chi connectivity index (χ3n) is 3.40. The van der Waals surface area contributed by atoms with Gasteiger partial charge >= 0.3 is 0 Å². The first-order chi connectivity index (χ1) is 10.2. The Morgan fingerprint density at radius 3 is 2.52 bits per heavy atom. The predicted octanol–water partition coefficient (Wildman–Crippen LogP) is 1.88. The second-order valence-electron chi connectivity index (χ2n) is 4.97. The second kappa shape index (κ2) is 10.4. The van der Waals surface area contributed by atoms with Gasteiger partial charge in [-0.25, -0.2) is 0 Å². The molecule has 1 aromatic rings. The topological polar surface area (TPSA) is 71.0 Å². The van der Waals surface area contributed by atoms with Gasteiger partial charge in [-0.15, -0.1) is 0 Å². The number of aliphatic hydroxyl groups is 2. The van der Waals surface area contributed by atoms with E-state index in [0.29, 0.717) is 18.0 Å². The fraction of sp³-hybridized carbons (Fsp3) is 0.625. The molecule has 0 saturated heterocycles. The number of hydrogen-bond acceptors (Lipinski definition) is 5. The molecule has 0 radical (unpaired) electrons. The first-order valence-corrected chi connectivity index (χ1v) is 7.44. The highest BCUT2D eigenvalue weighted by atomic mass is 16.5. The summed E-state index contributed by atoms with van der Waals surface area (Å²) in [6.07, 6.45) is 3.41. The van der Waals surface area contributed by atoms with E-state index in [1.165, 1.54) is 0 Å². The molecule has 3 N–H and O–H groups in total. The zero-order chi connectivity index (χ0) is 15.5. The minimum atomic E-state index is -0.632. The lowest BCUT2D eigenvalue weighted by atomic mass is 10.1. The Hall–Kier alpha value is -1.30. The van der Waals surface area contributed by atoms with Crippen molar-refractivity contribution in [1.29, 1.82) is 0 Å². The zero-order valence-electron chi connectivity index (χ0n) is 13.0. The SMILES string of the molecule is COc1ccc(OC)c(C(O)CNCCCCCCO)c1. The third kappa shape index (κ3) is 6.33. The summed E-state index contributed by atoms with van der Waals surface area (Å²) in [6, 6.07) is 5.41. The van der Waals surface area contributed by atoms with Gasteiger partial charge in [-0.05, 0) is 37.6 Å². The molecule has 1 unspecified atom stereocenters. The van der Waals surface area contributed by atoms with Crippen molar-refractivity contribution in [3.63, 3.8) is 0 Å². The summed E-state index contributed by atoms with van der Waals surface area (Å²) >= 11 is 0. The van der Waals surface area contributed by atoms with E-state index in [2.05, 4.69) is 5.32 Å². The molecule has 0 heterocycles. The second-order valence-corrected chi connectivity index (χ2v) is 4.97. The average molecular weight is 297 g/mol. The van der Waals surface area contributed by atoms with Crippen molar-refractivity contribution >= 4 is 0 Å². The smallest absolute Gasteiger partial charge is 0.124 e. The van der Waals surface area contributed by atoms with Crippen molar-refractivity contribution in [3.8, 4) is 11.5 Å². The molecule has 0 spiro atoms. The normalized spacial score (nSPS) is 12.2. The summed E-state index contributed by atoms with van der Waals surface area (Å²) in [5.74, 6) is 1.36. The molecular formula is C16H27NO4. The minimum Gasteiger partial charge on any atom is -0.497 e. The summed E-state index contributed by atoms with van der Waals surface area (Å²) in [5, 5.41) is 22.2. The van der Waals surface area contributed by atoms with Crippen LogP contribution in [-0.2, 0) is 0 Å². The van der Waals surface area contributed by atoms with Crippen LogP contribution in [0.15, 0.2) is 18.2 Å². The van der Waals surface area contributed by atoms with Gasteiger partial charge in [-0.1, -0.05) is 12.8 Å². The van der Waals surface area contributed by atoms with Gasteiger partial charge in [-0.3, -0.25) is 0 Å². The summed E-state index contributed by atoms with van der Waals surface area (Å²) < 4.78 is 10.4. The number of rotatable bonds is 11. The number of aliphatic hydroxyl groups excluding tert-OH is 2. The summed E-state index contributed by atoms with van der Waals surface area (Å²) in [6.45, 7) is 1.60. The van der Waals surface area contributed by atoms with Crippen molar-refractivity contribution in [2.45, 2.75) is 31.8 Å². The molecule has 0 aliphatic rings. The van der Waals surface area contributed by atoms with Gasteiger partial charge in [0.2, 0.25) is 0 Å². The molecule has 5 nitrogen and oxygen atoms in total. The van der Waals surface area contributed by atoms with Crippen molar-refractivity contribution in [2.75, 3.05) is 33.9 Å². The van der Waals surface area contributed by atoms with Crippen LogP contribution in [-0.4, -0.2) is 44.1 Å². The van der Waals surface area contributed by atoms with Crippen LogP contribution in [0.4, 0.5) is 0 Å². The van der Waals surface area contributed by atoms with Gasteiger partial charge < -0.3 is 25.0 Å². The van der Waals surface area contributed by atoms with E-state index in [-0.39, 0.29) is 6.61 Å². The molecule has 1 rings (SSSR count). The fourth-order valence-corrected chi connectivity index (χ4v) is 2.16. The molecule has 0 bridgehead atoms. The lowest BCUT2D eigenvalue weighted by molar-refractivity contribution is 0.170. The molecule has 21 heavy (non-hydrogen) atoms. The Bertz CT molecular complexity index is 398. The predicted molar refractivity (Wildman–Crippen MR) is 82.9 cm³/mol. The first-order valence-electron chi connectivity index (χ1n) is 7.44. The average Bonchev–Trinajstić information content (AvgIpc) is 2.53. The van der Waals surface area contributed by atoms with Gasteiger partial charge in [0.25, 0.3) is 0 Å². The molecule has 0 aromatic heterocycles. The molecule has 1 aromatic carbocycles. The fourth-order valence-electron chi connectivity index (χ4n) is 2.16. The molecular weight excluding hydrogens is 270 g/mol. The summed E-state index contributed by atoms with van der Waals surface area (Å²) in [7, 11) is 3.19. The monoisotopic (exact) mass is 297 g/mol.